The van der Waals surface area contributed by atoms with Crippen LogP contribution in [-0.4, -0.2) is 34.9 Å². The maximum absolute atomic E-state index is 12.2. The third-order valence-corrected chi connectivity index (χ3v) is 8.49. The van der Waals surface area contributed by atoms with Gasteiger partial charge in [0.15, 0.2) is 0 Å². The number of aliphatic hydroxyl groups excluding tert-OH is 2. The Balaban J connectivity index is 3.63. The number of nitrogens with one attached hydrogen (secondary N) is 1. The molecule has 1 amide bonds. The van der Waals surface area contributed by atoms with Crippen LogP contribution in [0.5, 0.6) is 0 Å². The lowest BCUT2D eigenvalue weighted by molar-refractivity contribution is -0.123. The first-order chi connectivity index (χ1) is 25.7. The van der Waals surface area contributed by atoms with Crippen LogP contribution in [0.4, 0.5) is 0 Å². The summed E-state index contributed by atoms with van der Waals surface area (Å²) in [6.45, 7) is 4.06. The minimum atomic E-state index is -0.670. The van der Waals surface area contributed by atoms with Gasteiger partial charge in [-0.05, 0) is 89.9 Å². The highest BCUT2D eigenvalue weighted by Crippen LogP contribution is 2.11. The van der Waals surface area contributed by atoms with Crippen LogP contribution < -0.4 is 5.32 Å². The average molecular weight is 716 g/mol. The molecule has 0 radical (unpaired) electrons. The van der Waals surface area contributed by atoms with E-state index in [4.69, 9.17) is 0 Å². The average Bonchev–Trinajstić information content (AvgIpc) is 3.15. The summed E-state index contributed by atoms with van der Waals surface area (Å²) in [6, 6.07) is -0.548. The molecular formula is C48H77NO3. The van der Waals surface area contributed by atoms with Gasteiger partial charge in [0.1, 0.15) is 0 Å². The normalized spacial score (nSPS) is 14.3. The maximum Gasteiger partial charge on any atom is 0.220 e. The fraction of sp³-hybridized carbons (Fsp3) is 0.562. The van der Waals surface area contributed by atoms with Gasteiger partial charge in [-0.15, -0.1) is 0 Å². The van der Waals surface area contributed by atoms with Crippen LogP contribution in [0.2, 0.25) is 0 Å². The smallest absolute Gasteiger partial charge is 0.220 e. The zero-order valence-corrected chi connectivity index (χ0v) is 33.3. The molecule has 0 aromatic rings. The number of carbonyl (C=O) groups is 1. The van der Waals surface area contributed by atoms with Gasteiger partial charge in [-0.3, -0.25) is 4.79 Å². The molecule has 0 heterocycles. The van der Waals surface area contributed by atoms with Crippen LogP contribution in [0, 0.1) is 0 Å². The Bertz CT molecular complexity index is 1080. The summed E-state index contributed by atoms with van der Waals surface area (Å²) >= 11 is 0. The fourth-order valence-corrected chi connectivity index (χ4v) is 5.33. The standard InChI is InChI=1S/C48H77NO3/c1-3-5-7-8-9-10-11-12-13-14-15-16-17-18-19-20-21-22-23-24-25-26-27-28-29-30-31-32-33-34-35-36-37-38-39-40-42-44-48(52)49-46(45-50)47(51)43-41-6-4-2/h5,7,9-10,12-13,15-16,18-19,21-22,24-25,27-28,30-31,33-34,46-47,50-51H,3-4,6,8,11,14,17,20,23,26,29,32,35-45H2,1-2H3,(H,49,52)/b7-5-,10-9-,13-12-,16-15-,19-18-,22-21-,25-24-,28-27-,31-30-,34-33-. The second-order valence-electron chi connectivity index (χ2n) is 13.3. The lowest BCUT2D eigenvalue weighted by Crippen LogP contribution is -2.45. The van der Waals surface area contributed by atoms with E-state index < -0.39 is 12.1 Å². The highest BCUT2D eigenvalue weighted by Gasteiger charge is 2.19. The van der Waals surface area contributed by atoms with E-state index in [0.717, 1.165) is 109 Å². The van der Waals surface area contributed by atoms with Gasteiger partial charge < -0.3 is 15.5 Å². The van der Waals surface area contributed by atoms with Crippen LogP contribution in [-0.2, 0) is 4.79 Å². The summed E-state index contributed by atoms with van der Waals surface area (Å²) in [5.74, 6) is -0.0654. The molecule has 292 valence electrons. The number of rotatable bonds is 35. The molecule has 0 saturated carbocycles. The molecule has 0 spiro atoms. The molecule has 0 aliphatic carbocycles. The minimum Gasteiger partial charge on any atom is -0.394 e. The van der Waals surface area contributed by atoms with Crippen LogP contribution in [0.1, 0.15) is 155 Å². The Morgan fingerprint density at radius 2 is 0.846 bits per heavy atom. The zero-order valence-electron chi connectivity index (χ0n) is 33.3. The highest BCUT2D eigenvalue weighted by atomic mass is 16.3. The van der Waals surface area contributed by atoms with E-state index in [9.17, 15) is 15.0 Å². The molecule has 0 aliphatic rings. The van der Waals surface area contributed by atoms with Gasteiger partial charge in [0.05, 0.1) is 18.8 Å². The summed E-state index contributed by atoms with van der Waals surface area (Å²) in [4.78, 5) is 12.2. The molecule has 3 N–H and O–H groups in total. The molecule has 0 aromatic heterocycles. The molecule has 0 aromatic carbocycles. The maximum atomic E-state index is 12.2. The number of aliphatic hydroxyl groups is 2. The molecule has 2 unspecified atom stereocenters. The van der Waals surface area contributed by atoms with Crippen molar-refractivity contribution >= 4 is 5.91 Å². The molecule has 2 atom stereocenters. The fourth-order valence-electron chi connectivity index (χ4n) is 5.33. The van der Waals surface area contributed by atoms with Crippen LogP contribution >= 0.6 is 0 Å². The van der Waals surface area contributed by atoms with E-state index in [0.29, 0.717) is 12.8 Å². The Morgan fingerprint density at radius 1 is 0.481 bits per heavy atom. The summed E-state index contributed by atoms with van der Waals surface area (Å²) in [5.41, 5.74) is 0. The molecule has 4 heteroatoms. The monoisotopic (exact) mass is 716 g/mol. The summed E-state index contributed by atoms with van der Waals surface area (Å²) < 4.78 is 0. The van der Waals surface area contributed by atoms with E-state index in [1.807, 2.05) is 0 Å². The molecule has 0 saturated heterocycles. The van der Waals surface area contributed by atoms with Crippen molar-refractivity contribution in [1.29, 1.82) is 0 Å². The van der Waals surface area contributed by atoms with Crippen molar-refractivity contribution in [2.75, 3.05) is 6.61 Å². The van der Waals surface area contributed by atoms with Crippen LogP contribution in [0.25, 0.3) is 0 Å². The topological polar surface area (TPSA) is 69.6 Å². The van der Waals surface area contributed by atoms with Gasteiger partial charge in [0.25, 0.3) is 0 Å². The summed E-state index contributed by atoms with van der Waals surface area (Å²) in [5, 5.41) is 22.5. The van der Waals surface area contributed by atoms with Crippen molar-refractivity contribution in [3.63, 3.8) is 0 Å². The Labute approximate surface area is 320 Å². The molecular weight excluding hydrogens is 639 g/mol. The number of hydrogen-bond donors (Lipinski definition) is 3. The number of amides is 1. The van der Waals surface area contributed by atoms with E-state index in [-0.39, 0.29) is 12.5 Å². The number of allylic oxidation sites excluding steroid dienone is 20. The van der Waals surface area contributed by atoms with Gasteiger partial charge in [0, 0.05) is 6.42 Å². The second-order valence-corrected chi connectivity index (χ2v) is 13.3. The predicted molar refractivity (Wildman–Crippen MR) is 229 cm³/mol. The predicted octanol–water partition coefficient (Wildman–Crippen LogP) is 13.0. The first-order valence-corrected chi connectivity index (χ1v) is 20.7. The van der Waals surface area contributed by atoms with Crippen molar-refractivity contribution in [1.82, 2.24) is 5.32 Å². The van der Waals surface area contributed by atoms with Crippen LogP contribution in [0.3, 0.4) is 0 Å². The SMILES string of the molecule is CC/C=C\C/C=C\C/C=C\C/C=C\C/C=C\C/C=C\C/C=C\C/C=C\C/C=C\C/C=C\CCCCCCCCC(=O)NC(CO)C(O)CCCCC. The Morgan fingerprint density at radius 3 is 1.23 bits per heavy atom. The number of carbonyl (C=O) groups excluding carboxylic acids is 1. The highest BCUT2D eigenvalue weighted by molar-refractivity contribution is 5.76. The minimum absolute atomic E-state index is 0.0654. The van der Waals surface area contributed by atoms with Gasteiger partial charge in [0.2, 0.25) is 5.91 Å². The van der Waals surface area contributed by atoms with Crippen LogP contribution in [0.15, 0.2) is 122 Å². The van der Waals surface area contributed by atoms with E-state index >= 15 is 0 Å². The van der Waals surface area contributed by atoms with Crippen molar-refractivity contribution in [2.45, 2.75) is 167 Å². The van der Waals surface area contributed by atoms with Crippen molar-refractivity contribution in [3.8, 4) is 0 Å². The van der Waals surface area contributed by atoms with Crippen molar-refractivity contribution < 1.29 is 15.0 Å². The third-order valence-electron chi connectivity index (χ3n) is 8.49. The van der Waals surface area contributed by atoms with Crippen molar-refractivity contribution in [3.05, 3.63) is 122 Å². The zero-order chi connectivity index (χ0) is 37.8. The molecule has 0 bridgehead atoms. The quantitative estimate of drug-likeness (QED) is 0.0452. The molecule has 4 nitrogen and oxygen atoms in total. The van der Waals surface area contributed by atoms with Gasteiger partial charge >= 0.3 is 0 Å². The van der Waals surface area contributed by atoms with E-state index in [2.05, 4.69) is 141 Å². The van der Waals surface area contributed by atoms with E-state index in [1.165, 1.54) is 19.3 Å². The largest absolute Gasteiger partial charge is 0.394 e. The lowest BCUT2D eigenvalue weighted by atomic mass is 10.0. The van der Waals surface area contributed by atoms with E-state index in [1.54, 1.807) is 0 Å². The molecule has 0 aliphatic heterocycles. The van der Waals surface area contributed by atoms with Crippen molar-refractivity contribution in [2.24, 2.45) is 0 Å². The first-order valence-electron chi connectivity index (χ1n) is 20.7. The second kappa shape index (κ2) is 42.2. The van der Waals surface area contributed by atoms with Gasteiger partial charge in [-0.1, -0.05) is 180 Å². The summed E-state index contributed by atoms with van der Waals surface area (Å²) in [6.07, 6.45) is 66.2. The van der Waals surface area contributed by atoms with Gasteiger partial charge in [-0.2, -0.15) is 0 Å². The number of unbranched alkanes of at least 4 members (excludes halogenated alkanes) is 8. The van der Waals surface area contributed by atoms with Gasteiger partial charge in [-0.25, -0.2) is 0 Å². The number of hydrogen-bond acceptors (Lipinski definition) is 3. The third kappa shape index (κ3) is 38.0. The molecule has 0 rings (SSSR count). The Kier molecular flexibility index (Phi) is 39.6. The lowest BCUT2D eigenvalue weighted by Gasteiger charge is -2.22. The molecule has 0 fully saturated rings. The molecule has 52 heavy (non-hydrogen) atoms. The Hall–Kier alpha value is -3.21. The first kappa shape index (κ1) is 48.8. The summed E-state index contributed by atoms with van der Waals surface area (Å²) in [7, 11) is 0.